The fourth-order valence-electron chi connectivity index (χ4n) is 3.99. The van der Waals surface area contributed by atoms with Crippen LogP contribution < -0.4 is 4.72 Å². The minimum atomic E-state index is -3.66. The second-order valence-corrected chi connectivity index (χ2v) is 9.27. The average molecular weight is 378 g/mol. The fourth-order valence-corrected chi connectivity index (χ4v) is 5.81. The molecule has 1 N–H and O–H groups in total. The molecular weight excluding hydrogens is 352 g/mol. The Kier molecular flexibility index (Phi) is 4.43. The molecule has 0 atom stereocenters. The van der Waals surface area contributed by atoms with Gasteiger partial charge < -0.3 is 9.09 Å². The lowest BCUT2D eigenvalue weighted by molar-refractivity contribution is 0.366. The number of rotatable bonds is 5. The number of nitrogens with zero attached hydrogens (tertiary/aromatic N) is 3. The van der Waals surface area contributed by atoms with Gasteiger partial charge in [0.2, 0.25) is 10.0 Å². The van der Waals surface area contributed by atoms with Crippen LogP contribution in [0.4, 0.5) is 0 Å². The maximum absolute atomic E-state index is 13.2. The highest BCUT2D eigenvalue weighted by atomic mass is 32.2. The summed E-state index contributed by atoms with van der Waals surface area (Å²) in [4.78, 5) is 4.81. The molecule has 0 aromatic carbocycles. The Morgan fingerprint density at radius 2 is 1.77 bits per heavy atom. The van der Waals surface area contributed by atoms with E-state index in [2.05, 4.69) is 14.9 Å². The monoisotopic (exact) mass is 378 g/mol. The molecule has 0 unspecified atom stereocenters. The van der Waals surface area contributed by atoms with Crippen molar-refractivity contribution in [1.29, 1.82) is 0 Å². The van der Waals surface area contributed by atoms with Gasteiger partial charge in [-0.3, -0.25) is 0 Å². The number of nitrogens with one attached hydrogen (secondary N) is 1. The van der Waals surface area contributed by atoms with Crippen LogP contribution >= 0.6 is 0 Å². The predicted molar refractivity (Wildman–Crippen MR) is 97.3 cm³/mol. The van der Waals surface area contributed by atoms with Crippen LogP contribution in [-0.2, 0) is 17.1 Å². The van der Waals surface area contributed by atoms with Crippen molar-refractivity contribution >= 4 is 10.0 Å². The quantitative estimate of drug-likeness (QED) is 0.863. The first-order chi connectivity index (χ1) is 12.4. The Balaban J connectivity index is 1.77. The lowest BCUT2D eigenvalue weighted by atomic mass is 9.85. The van der Waals surface area contributed by atoms with Gasteiger partial charge in [0.05, 0.1) is 5.56 Å². The zero-order valence-electron chi connectivity index (χ0n) is 15.6. The predicted octanol–water partition coefficient (Wildman–Crippen LogP) is 3.18. The number of aromatic nitrogens is 3. The summed E-state index contributed by atoms with van der Waals surface area (Å²) in [6.07, 6.45) is 7.25. The molecule has 0 amide bonds. The lowest BCUT2D eigenvalue weighted by Crippen LogP contribution is -2.33. The maximum Gasteiger partial charge on any atom is 0.261 e. The smallest absolute Gasteiger partial charge is 0.261 e. The van der Waals surface area contributed by atoms with E-state index in [1.807, 2.05) is 25.5 Å². The van der Waals surface area contributed by atoms with E-state index >= 15 is 0 Å². The molecule has 7 nitrogen and oxygen atoms in total. The first-order valence-corrected chi connectivity index (χ1v) is 10.9. The van der Waals surface area contributed by atoms with Crippen LogP contribution in [0.3, 0.4) is 0 Å². The van der Waals surface area contributed by atoms with E-state index in [1.54, 1.807) is 0 Å². The van der Waals surface area contributed by atoms with Crippen molar-refractivity contribution in [3.63, 3.8) is 0 Å². The van der Waals surface area contributed by atoms with Crippen LogP contribution in [0.15, 0.2) is 9.42 Å². The van der Waals surface area contributed by atoms with Crippen molar-refractivity contribution in [2.45, 2.75) is 75.6 Å². The van der Waals surface area contributed by atoms with Crippen LogP contribution in [0.25, 0.3) is 11.5 Å². The van der Waals surface area contributed by atoms with Gasteiger partial charge in [0, 0.05) is 30.4 Å². The normalized spacial score (nSPS) is 19.2. The molecule has 4 rings (SSSR count). The SMILES string of the molecule is Cc1c(-c2nc(C3CCC3)no2)c(S(=O)(=O)NC2CCCC2)c(C)n1C. The zero-order valence-corrected chi connectivity index (χ0v) is 16.4. The summed E-state index contributed by atoms with van der Waals surface area (Å²) < 4.78 is 36.6. The molecule has 26 heavy (non-hydrogen) atoms. The van der Waals surface area contributed by atoms with Gasteiger partial charge in [-0.2, -0.15) is 4.98 Å². The third kappa shape index (κ3) is 2.89. The van der Waals surface area contributed by atoms with Gasteiger partial charge in [-0.25, -0.2) is 13.1 Å². The Morgan fingerprint density at radius 3 is 2.38 bits per heavy atom. The van der Waals surface area contributed by atoms with Crippen molar-refractivity contribution in [3.8, 4) is 11.5 Å². The molecule has 2 fully saturated rings. The van der Waals surface area contributed by atoms with Gasteiger partial charge in [0.25, 0.3) is 5.89 Å². The molecule has 8 heteroatoms. The van der Waals surface area contributed by atoms with Crippen molar-refractivity contribution in [2.24, 2.45) is 7.05 Å². The summed E-state index contributed by atoms with van der Waals surface area (Å²) in [7, 11) is -1.79. The zero-order chi connectivity index (χ0) is 18.5. The molecule has 0 spiro atoms. The molecule has 0 radical (unpaired) electrons. The van der Waals surface area contributed by atoms with Crippen molar-refractivity contribution in [2.75, 3.05) is 0 Å². The Labute approximate surface area is 154 Å². The summed E-state index contributed by atoms with van der Waals surface area (Å²) in [6.45, 7) is 3.72. The van der Waals surface area contributed by atoms with E-state index in [-0.39, 0.29) is 10.9 Å². The summed E-state index contributed by atoms with van der Waals surface area (Å²) in [5.74, 6) is 1.34. The molecular formula is C18H26N4O3S. The van der Waals surface area contributed by atoms with Gasteiger partial charge in [0.1, 0.15) is 4.90 Å². The lowest BCUT2D eigenvalue weighted by Gasteiger charge is -2.20. The van der Waals surface area contributed by atoms with Crippen LogP contribution in [0.1, 0.15) is 68.1 Å². The molecule has 142 valence electrons. The van der Waals surface area contributed by atoms with Gasteiger partial charge in [-0.1, -0.05) is 24.4 Å². The van der Waals surface area contributed by atoms with E-state index in [9.17, 15) is 8.42 Å². The van der Waals surface area contributed by atoms with Gasteiger partial charge in [-0.05, 0) is 39.5 Å². The number of hydrogen-bond acceptors (Lipinski definition) is 5. The maximum atomic E-state index is 13.2. The number of hydrogen-bond donors (Lipinski definition) is 1. The molecule has 0 aliphatic heterocycles. The van der Waals surface area contributed by atoms with E-state index < -0.39 is 10.0 Å². The molecule has 0 saturated heterocycles. The third-order valence-electron chi connectivity index (χ3n) is 6.00. The van der Waals surface area contributed by atoms with Crippen LogP contribution in [0.5, 0.6) is 0 Å². The largest absolute Gasteiger partial charge is 0.350 e. The van der Waals surface area contributed by atoms with Gasteiger partial charge in [-0.15, -0.1) is 0 Å². The van der Waals surface area contributed by atoms with Crippen molar-refractivity contribution < 1.29 is 12.9 Å². The van der Waals surface area contributed by atoms with E-state index in [1.165, 1.54) is 6.42 Å². The van der Waals surface area contributed by atoms with Gasteiger partial charge in [0.15, 0.2) is 5.82 Å². The molecule has 2 aliphatic rings. The Hall–Kier alpha value is -1.67. The molecule has 2 saturated carbocycles. The molecule has 2 aliphatic carbocycles. The van der Waals surface area contributed by atoms with Crippen LogP contribution in [0, 0.1) is 13.8 Å². The highest BCUT2D eigenvalue weighted by molar-refractivity contribution is 7.89. The van der Waals surface area contributed by atoms with Gasteiger partial charge >= 0.3 is 0 Å². The topological polar surface area (TPSA) is 90.0 Å². The first-order valence-electron chi connectivity index (χ1n) is 9.40. The molecule has 2 heterocycles. The van der Waals surface area contributed by atoms with Crippen LogP contribution in [0.2, 0.25) is 0 Å². The Bertz CT molecular complexity index is 919. The highest BCUT2D eigenvalue weighted by Gasteiger charge is 2.34. The average Bonchev–Trinajstić information content (AvgIpc) is 3.23. The summed E-state index contributed by atoms with van der Waals surface area (Å²) in [6, 6.07) is 0.0148. The summed E-state index contributed by atoms with van der Waals surface area (Å²) in [5, 5.41) is 4.11. The molecule has 0 bridgehead atoms. The Morgan fingerprint density at radius 1 is 1.08 bits per heavy atom. The second-order valence-electron chi connectivity index (χ2n) is 7.62. The first kappa shape index (κ1) is 17.7. The molecule has 2 aromatic heterocycles. The van der Waals surface area contributed by atoms with E-state index in [0.29, 0.717) is 28.9 Å². The van der Waals surface area contributed by atoms with Crippen molar-refractivity contribution in [1.82, 2.24) is 19.4 Å². The minimum Gasteiger partial charge on any atom is -0.350 e. The summed E-state index contributed by atoms with van der Waals surface area (Å²) >= 11 is 0. The third-order valence-corrected chi connectivity index (χ3v) is 7.68. The number of sulfonamides is 1. The second kappa shape index (κ2) is 6.49. The van der Waals surface area contributed by atoms with Crippen molar-refractivity contribution in [3.05, 3.63) is 17.2 Å². The molecule has 2 aromatic rings. The summed E-state index contributed by atoms with van der Waals surface area (Å²) in [5.41, 5.74) is 2.04. The van der Waals surface area contributed by atoms with E-state index in [4.69, 9.17) is 4.52 Å². The highest BCUT2D eigenvalue weighted by Crippen LogP contribution is 2.38. The fraction of sp³-hybridized carbons (Fsp3) is 0.667. The minimum absolute atomic E-state index is 0.0148. The van der Waals surface area contributed by atoms with Crippen LogP contribution in [-0.4, -0.2) is 29.2 Å². The standard InChI is InChI=1S/C18H26N4O3S/c1-11-15(18-19-17(20-25-18)13-7-6-8-13)16(12(2)22(11)3)26(23,24)21-14-9-4-5-10-14/h13-14,21H,4-10H2,1-3H3. The van der Waals surface area contributed by atoms with E-state index in [0.717, 1.165) is 44.2 Å².